The third kappa shape index (κ3) is 3.72. The smallest absolute Gasteiger partial charge is 0.255 e. The summed E-state index contributed by atoms with van der Waals surface area (Å²) in [6.07, 6.45) is 3.26. The summed E-state index contributed by atoms with van der Waals surface area (Å²) in [5, 5.41) is 7.13. The first-order chi connectivity index (χ1) is 12.7. The van der Waals surface area contributed by atoms with Gasteiger partial charge in [-0.1, -0.05) is 34.1 Å². The summed E-state index contributed by atoms with van der Waals surface area (Å²) < 4.78 is 14.2. The number of hydrogen-bond acceptors (Lipinski definition) is 4. The molecular formula is C19H16BrN3O3. The highest BCUT2D eigenvalue weighted by Crippen LogP contribution is 2.31. The lowest BCUT2D eigenvalue weighted by Gasteiger charge is -2.26. The second-order valence-electron chi connectivity index (χ2n) is 5.91. The molecule has 3 aromatic rings. The van der Waals surface area contributed by atoms with Crippen molar-refractivity contribution in [3.8, 4) is 11.5 Å². The Balaban J connectivity index is 1.39. The van der Waals surface area contributed by atoms with Gasteiger partial charge in [-0.15, -0.1) is 0 Å². The molecule has 132 valence electrons. The molecule has 2 heterocycles. The van der Waals surface area contributed by atoms with E-state index in [4.69, 9.17) is 9.47 Å². The van der Waals surface area contributed by atoms with Gasteiger partial charge >= 0.3 is 0 Å². The number of para-hydroxylation sites is 2. The van der Waals surface area contributed by atoms with Crippen LogP contribution in [0.1, 0.15) is 10.4 Å². The standard InChI is InChI=1S/C19H16BrN3O3/c20-14-5-3-4-13(8-14)19(24)22-15-9-21-23(10-15)11-16-12-25-17-6-1-2-7-18(17)26-16/h1-10,16H,11-12H2,(H,22,24)/t16-/m1/s1. The highest BCUT2D eigenvalue weighted by Gasteiger charge is 2.21. The second-order valence-corrected chi connectivity index (χ2v) is 6.83. The van der Waals surface area contributed by atoms with E-state index < -0.39 is 0 Å². The number of fused-ring (bicyclic) bond motifs is 1. The molecule has 2 aromatic carbocycles. The number of ether oxygens (including phenoxy) is 2. The van der Waals surface area contributed by atoms with Crippen molar-refractivity contribution in [2.24, 2.45) is 0 Å². The SMILES string of the molecule is O=C(Nc1cnn(C[C@@H]2COc3ccccc3O2)c1)c1cccc(Br)c1. The van der Waals surface area contributed by atoms with Crippen LogP contribution in [0, 0.1) is 0 Å². The van der Waals surface area contributed by atoms with Gasteiger partial charge in [-0.2, -0.15) is 5.10 Å². The number of carbonyl (C=O) groups excluding carboxylic acids is 1. The Morgan fingerprint density at radius 1 is 1.23 bits per heavy atom. The summed E-state index contributed by atoms with van der Waals surface area (Å²) in [4.78, 5) is 12.3. The molecule has 0 aliphatic carbocycles. The van der Waals surface area contributed by atoms with Gasteiger partial charge in [0, 0.05) is 16.2 Å². The summed E-state index contributed by atoms with van der Waals surface area (Å²) >= 11 is 3.36. The van der Waals surface area contributed by atoms with Crippen LogP contribution in [0.3, 0.4) is 0 Å². The molecule has 0 spiro atoms. The zero-order chi connectivity index (χ0) is 17.9. The lowest BCUT2D eigenvalue weighted by Crippen LogP contribution is -2.33. The van der Waals surface area contributed by atoms with E-state index >= 15 is 0 Å². The number of rotatable bonds is 4. The Kier molecular flexibility index (Phi) is 4.62. The number of halogens is 1. The van der Waals surface area contributed by atoms with E-state index in [1.54, 1.807) is 29.2 Å². The van der Waals surface area contributed by atoms with Gasteiger partial charge in [-0.05, 0) is 30.3 Å². The number of anilines is 1. The van der Waals surface area contributed by atoms with Crippen molar-refractivity contribution in [3.63, 3.8) is 0 Å². The second kappa shape index (κ2) is 7.21. The first-order valence-corrected chi connectivity index (χ1v) is 8.94. The monoisotopic (exact) mass is 413 g/mol. The molecule has 1 amide bonds. The number of nitrogens with zero attached hydrogens (tertiary/aromatic N) is 2. The van der Waals surface area contributed by atoms with Crippen LogP contribution in [0.2, 0.25) is 0 Å². The summed E-state index contributed by atoms with van der Waals surface area (Å²) in [6.45, 7) is 0.984. The first kappa shape index (κ1) is 16.7. The zero-order valence-corrected chi connectivity index (χ0v) is 15.3. The summed E-state index contributed by atoms with van der Waals surface area (Å²) in [5.74, 6) is 1.31. The molecule has 1 aliphatic heterocycles. The van der Waals surface area contributed by atoms with Crippen LogP contribution in [0.25, 0.3) is 0 Å². The quantitative estimate of drug-likeness (QED) is 0.707. The van der Waals surface area contributed by atoms with Crippen LogP contribution in [0.4, 0.5) is 5.69 Å². The zero-order valence-electron chi connectivity index (χ0n) is 13.8. The molecule has 0 bridgehead atoms. The Morgan fingerprint density at radius 3 is 2.92 bits per heavy atom. The predicted octanol–water partition coefficient (Wildman–Crippen LogP) is 3.74. The first-order valence-electron chi connectivity index (χ1n) is 8.15. The fraction of sp³-hybridized carbons (Fsp3) is 0.158. The summed E-state index contributed by atoms with van der Waals surface area (Å²) in [5.41, 5.74) is 1.21. The molecule has 26 heavy (non-hydrogen) atoms. The minimum Gasteiger partial charge on any atom is -0.486 e. The van der Waals surface area contributed by atoms with E-state index in [1.165, 1.54) is 0 Å². The van der Waals surface area contributed by atoms with Crippen molar-refractivity contribution in [1.29, 1.82) is 0 Å². The van der Waals surface area contributed by atoms with Crippen LogP contribution in [-0.4, -0.2) is 28.4 Å². The lowest BCUT2D eigenvalue weighted by molar-refractivity contribution is 0.0759. The van der Waals surface area contributed by atoms with Crippen LogP contribution in [0.15, 0.2) is 65.4 Å². The summed E-state index contributed by atoms with van der Waals surface area (Å²) in [7, 11) is 0. The van der Waals surface area contributed by atoms with Gasteiger partial charge in [0.15, 0.2) is 17.6 Å². The molecule has 0 saturated carbocycles. The van der Waals surface area contributed by atoms with Crippen LogP contribution in [0.5, 0.6) is 11.5 Å². The third-order valence-corrected chi connectivity index (χ3v) is 4.43. The average Bonchev–Trinajstić information content (AvgIpc) is 3.08. The average molecular weight is 414 g/mol. The minimum absolute atomic E-state index is 0.140. The molecule has 0 fully saturated rings. The van der Waals surface area contributed by atoms with Crippen LogP contribution >= 0.6 is 15.9 Å². The number of benzene rings is 2. The van der Waals surface area contributed by atoms with Crippen molar-refractivity contribution < 1.29 is 14.3 Å². The minimum atomic E-state index is -0.183. The predicted molar refractivity (Wildman–Crippen MR) is 101 cm³/mol. The number of hydrogen-bond donors (Lipinski definition) is 1. The molecule has 1 N–H and O–H groups in total. The molecule has 0 saturated heterocycles. The topological polar surface area (TPSA) is 65.4 Å². The normalized spacial score (nSPS) is 15.5. The van der Waals surface area contributed by atoms with E-state index in [9.17, 15) is 4.79 Å². The molecular weight excluding hydrogens is 398 g/mol. The van der Waals surface area contributed by atoms with Gasteiger partial charge in [0.05, 0.1) is 18.4 Å². The lowest BCUT2D eigenvalue weighted by atomic mass is 10.2. The highest BCUT2D eigenvalue weighted by molar-refractivity contribution is 9.10. The molecule has 1 aromatic heterocycles. The van der Waals surface area contributed by atoms with E-state index in [0.717, 1.165) is 16.0 Å². The van der Waals surface area contributed by atoms with Gasteiger partial charge in [-0.25, -0.2) is 0 Å². The van der Waals surface area contributed by atoms with Crippen molar-refractivity contribution in [1.82, 2.24) is 9.78 Å². The van der Waals surface area contributed by atoms with E-state index in [-0.39, 0.29) is 12.0 Å². The number of amides is 1. The maximum atomic E-state index is 12.3. The molecule has 0 radical (unpaired) electrons. The van der Waals surface area contributed by atoms with E-state index in [2.05, 4.69) is 26.3 Å². The molecule has 4 rings (SSSR count). The molecule has 1 atom stereocenters. The Labute approximate surface area is 158 Å². The van der Waals surface area contributed by atoms with Crippen molar-refractivity contribution in [2.75, 3.05) is 11.9 Å². The highest BCUT2D eigenvalue weighted by atomic mass is 79.9. The Hall–Kier alpha value is -2.80. The van der Waals surface area contributed by atoms with Gasteiger partial charge in [0.25, 0.3) is 5.91 Å². The van der Waals surface area contributed by atoms with E-state index in [0.29, 0.717) is 24.4 Å². The van der Waals surface area contributed by atoms with E-state index in [1.807, 2.05) is 36.4 Å². The fourth-order valence-electron chi connectivity index (χ4n) is 2.72. The van der Waals surface area contributed by atoms with Gasteiger partial charge in [0.1, 0.15) is 6.61 Å². The van der Waals surface area contributed by atoms with Crippen molar-refractivity contribution in [2.45, 2.75) is 12.6 Å². The fourth-order valence-corrected chi connectivity index (χ4v) is 3.12. The van der Waals surface area contributed by atoms with Crippen LogP contribution < -0.4 is 14.8 Å². The Morgan fingerprint density at radius 2 is 2.08 bits per heavy atom. The maximum absolute atomic E-state index is 12.3. The van der Waals surface area contributed by atoms with Crippen molar-refractivity contribution in [3.05, 3.63) is 71.0 Å². The molecule has 7 heteroatoms. The molecule has 6 nitrogen and oxygen atoms in total. The summed E-state index contributed by atoms with van der Waals surface area (Å²) in [6, 6.07) is 14.8. The van der Waals surface area contributed by atoms with Gasteiger partial charge in [-0.3, -0.25) is 9.48 Å². The van der Waals surface area contributed by atoms with Gasteiger partial charge < -0.3 is 14.8 Å². The Bertz CT molecular complexity index is 941. The third-order valence-electron chi connectivity index (χ3n) is 3.94. The van der Waals surface area contributed by atoms with Crippen LogP contribution in [-0.2, 0) is 6.54 Å². The molecule has 0 unspecified atom stereocenters. The number of aromatic nitrogens is 2. The maximum Gasteiger partial charge on any atom is 0.255 e. The number of carbonyl (C=O) groups is 1. The van der Waals surface area contributed by atoms with Crippen molar-refractivity contribution >= 4 is 27.5 Å². The number of nitrogens with one attached hydrogen (secondary N) is 1. The van der Waals surface area contributed by atoms with Gasteiger partial charge in [0.2, 0.25) is 0 Å². The molecule has 1 aliphatic rings. The largest absolute Gasteiger partial charge is 0.486 e.